The number of rotatable bonds is 4. The molecule has 3 aromatic carbocycles. The van der Waals surface area contributed by atoms with Gasteiger partial charge in [0.25, 0.3) is 0 Å². The van der Waals surface area contributed by atoms with Crippen LogP contribution in [0.4, 0.5) is 0 Å². The highest BCUT2D eigenvalue weighted by molar-refractivity contribution is 6.30. The highest BCUT2D eigenvalue weighted by Gasteiger charge is 2.33. The van der Waals surface area contributed by atoms with Gasteiger partial charge in [-0.25, -0.2) is 0 Å². The van der Waals surface area contributed by atoms with E-state index in [1.807, 2.05) is 47.5 Å². The van der Waals surface area contributed by atoms with Crippen LogP contribution in [-0.4, -0.2) is 27.4 Å². The molecular formula is C26H23ClN2O2. The number of aromatic amines is 1. The van der Waals surface area contributed by atoms with Crippen LogP contribution in [-0.2, 0) is 17.6 Å². The summed E-state index contributed by atoms with van der Waals surface area (Å²) in [7, 11) is 0. The Balaban J connectivity index is 1.46. The average Bonchev–Trinajstić information content (AvgIpc) is 3.21. The van der Waals surface area contributed by atoms with Crippen molar-refractivity contribution in [3.05, 3.63) is 100 Å². The third kappa shape index (κ3) is 3.68. The minimum absolute atomic E-state index is 0.0733. The van der Waals surface area contributed by atoms with Gasteiger partial charge in [0.05, 0.1) is 6.04 Å². The molecule has 0 bridgehead atoms. The van der Waals surface area contributed by atoms with E-state index >= 15 is 0 Å². The number of carbonyl (C=O) groups is 1. The standard InChI is InChI=1S/C26H23ClN2O2/c27-19-10-11-24(30)22(15-19)26-21-7-2-1-5-17(21)13-14-29(26)25(31)12-9-18-16-28-23-8-4-3-6-20(18)23/h1-8,10-11,15-16,26,28,30H,9,12-14H2. The summed E-state index contributed by atoms with van der Waals surface area (Å²) in [5.74, 6) is 0.227. The molecule has 4 nitrogen and oxygen atoms in total. The normalized spacial score (nSPS) is 15.8. The smallest absolute Gasteiger partial charge is 0.223 e. The zero-order valence-electron chi connectivity index (χ0n) is 17.0. The minimum Gasteiger partial charge on any atom is -0.508 e. The van der Waals surface area contributed by atoms with E-state index < -0.39 is 0 Å². The minimum atomic E-state index is -0.348. The number of nitrogens with zero attached hydrogens (tertiary/aromatic N) is 1. The van der Waals surface area contributed by atoms with Gasteiger partial charge in [0.1, 0.15) is 5.75 Å². The molecule has 31 heavy (non-hydrogen) atoms. The second kappa shape index (κ2) is 8.12. The van der Waals surface area contributed by atoms with Crippen LogP contribution in [0.1, 0.15) is 34.7 Å². The first kappa shape index (κ1) is 19.7. The van der Waals surface area contributed by atoms with E-state index in [0.29, 0.717) is 30.0 Å². The van der Waals surface area contributed by atoms with Gasteiger partial charge >= 0.3 is 0 Å². The van der Waals surface area contributed by atoms with Gasteiger partial charge in [0, 0.05) is 40.7 Å². The van der Waals surface area contributed by atoms with Crippen molar-refractivity contribution in [2.24, 2.45) is 0 Å². The summed E-state index contributed by atoms with van der Waals surface area (Å²) in [4.78, 5) is 18.6. The summed E-state index contributed by atoms with van der Waals surface area (Å²) >= 11 is 6.26. The summed E-state index contributed by atoms with van der Waals surface area (Å²) in [6.07, 6.45) is 3.85. The molecule has 1 atom stereocenters. The Morgan fingerprint density at radius 3 is 2.77 bits per heavy atom. The van der Waals surface area contributed by atoms with Gasteiger partial charge < -0.3 is 15.0 Å². The Hall–Kier alpha value is -3.24. The molecule has 0 radical (unpaired) electrons. The third-order valence-electron chi connectivity index (χ3n) is 6.17. The van der Waals surface area contributed by atoms with Crippen LogP contribution >= 0.6 is 11.6 Å². The summed E-state index contributed by atoms with van der Waals surface area (Å²) in [5.41, 5.74) is 5.14. The van der Waals surface area contributed by atoms with Crippen molar-refractivity contribution in [1.82, 2.24) is 9.88 Å². The van der Waals surface area contributed by atoms with Gasteiger partial charge in [-0.1, -0.05) is 54.1 Å². The lowest BCUT2D eigenvalue weighted by Gasteiger charge is -2.38. The Morgan fingerprint density at radius 2 is 1.87 bits per heavy atom. The molecular weight excluding hydrogens is 408 g/mol. The second-order valence-corrected chi connectivity index (χ2v) is 8.44. The lowest BCUT2D eigenvalue weighted by atomic mass is 9.87. The molecule has 0 spiro atoms. The van der Waals surface area contributed by atoms with Crippen LogP contribution in [0.15, 0.2) is 72.9 Å². The number of aryl methyl sites for hydroxylation is 1. The van der Waals surface area contributed by atoms with E-state index in [1.54, 1.807) is 18.2 Å². The molecule has 1 aliphatic rings. The van der Waals surface area contributed by atoms with Gasteiger partial charge in [0.15, 0.2) is 0 Å². The van der Waals surface area contributed by atoms with Crippen LogP contribution in [0.5, 0.6) is 5.75 Å². The van der Waals surface area contributed by atoms with E-state index in [2.05, 4.69) is 17.1 Å². The van der Waals surface area contributed by atoms with E-state index in [1.165, 1.54) is 5.56 Å². The molecule has 1 amide bonds. The van der Waals surface area contributed by atoms with Gasteiger partial charge in [-0.2, -0.15) is 0 Å². The number of amides is 1. The molecule has 2 heterocycles. The quantitative estimate of drug-likeness (QED) is 0.440. The number of para-hydroxylation sites is 1. The Bertz CT molecular complexity index is 1260. The number of benzene rings is 3. The molecule has 0 aliphatic carbocycles. The Kier molecular flexibility index (Phi) is 5.16. The maximum Gasteiger partial charge on any atom is 0.223 e. The van der Waals surface area contributed by atoms with Gasteiger partial charge in [-0.15, -0.1) is 0 Å². The largest absolute Gasteiger partial charge is 0.508 e. The van der Waals surface area contributed by atoms with E-state index in [-0.39, 0.29) is 17.7 Å². The number of H-pyrrole nitrogens is 1. The summed E-state index contributed by atoms with van der Waals surface area (Å²) < 4.78 is 0. The van der Waals surface area contributed by atoms with E-state index in [9.17, 15) is 9.90 Å². The first-order valence-electron chi connectivity index (χ1n) is 10.5. The van der Waals surface area contributed by atoms with Crippen LogP contribution in [0, 0.1) is 0 Å². The highest BCUT2D eigenvalue weighted by Crippen LogP contribution is 2.40. The van der Waals surface area contributed by atoms with Crippen molar-refractivity contribution >= 4 is 28.4 Å². The van der Waals surface area contributed by atoms with Crippen LogP contribution in [0.3, 0.4) is 0 Å². The maximum absolute atomic E-state index is 13.4. The predicted molar refractivity (Wildman–Crippen MR) is 123 cm³/mol. The number of fused-ring (bicyclic) bond motifs is 2. The molecule has 5 heteroatoms. The van der Waals surface area contributed by atoms with Crippen molar-refractivity contribution < 1.29 is 9.90 Å². The maximum atomic E-state index is 13.4. The summed E-state index contributed by atoms with van der Waals surface area (Å²) in [6.45, 7) is 0.611. The second-order valence-electron chi connectivity index (χ2n) is 8.00. The molecule has 0 saturated heterocycles. The lowest BCUT2D eigenvalue weighted by Crippen LogP contribution is -2.40. The van der Waals surface area contributed by atoms with Crippen LogP contribution in [0.2, 0.25) is 5.02 Å². The zero-order valence-corrected chi connectivity index (χ0v) is 17.8. The number of halogens is 1. The van der Waals surface area contributed by atoms with Crippen molar-refractivity contribution in [3.63, 3.8) is 0 Å². The van der Waals surface area contributed by atoms with Crippen molar-refractivity contribution in [2.45, 2.75) is 25.3 Å². The van der Waals surface area contributed by atoms with E-state index in [0.717, 1.165) is 28.5 Å². The molecule has 1 aromatic heterocycles. The van der Waals surface area contributed by atoms with Crippen molar-refractivity contribution in [3.8, 4) is 5.75 Å². The monoisotopic (exact) mass is 430 g/mol. The number of phenols is 1. The zero-order chi connectivity index (χ0) is 21.4. The molecule has 4 aromatic rings. The lowest BCUT2D eigenvalue weighted by molar-refractivity contribution is -0.133. The fourth-order valence-electron chi connectivity index (χ4n) is 4.64. The average molecular weight is 431 g/mol. The number of nitrogens with one attached hydrogen (secondary N) is 1. The predicted octanol–water partition coefficient (Wildman–Crippen LogP) is 5.63. The summed E-state index contributed by atoms with van der Waals surface area (Å²) in [6, 6.07) is 21.0. The van der Waals surface area contributed by atoms with Gasteiger partial charge in [0.2, 0.25) is 5.91 Å². The number of hydrogen-bond acceptors (Lipinski definition) is 2. The third-order valence-corrected chi connectivity index (χ3v) is 6.41. The molecule has 156 valence electrons. The molecule has 5 rings (SSSR count). The summed E-state index contributed by atoms with van der Waals surface area (Å²) in [5, 5.41) is 12.3. The topological polar surface area (TPSA) is 56.3 Å². The van der Waals surface area contributed by atoms with Crippen molar-refractivity contribution in [2.75, 3.05) is 6.54 Å². The number of carbonyl (C=O) groups excluding carboxylic acids is 1. The van der Waals surface area contributed by atoms with Crippen LogP contribution in [0.25, 0.3) is 10.9 Å². The molecule has 0 fully saturated rings. The number of aromatic hydroxyl groups is 1. The SMILES string of the molecule is O=C(CCc1c[nH]c2ccccc12)N1CCc2ccccc2C1c1cc(Cl)ccc1O. The van der Waals surface area contributed by atoms with Crippen LogP contribution < -0.4 is 0 Å². The first-order chi connectivity index (χ1) is 15.1. The number of hydrogen-bond donors (Lipinski definition) is 2. The first-order valence-corrected chi connectivity index (χ1v) is 10.9. The molecule has 2 N–H and O–H groups in total. The number of phenolic OH excluding ortho intramolecular Hbond substituents is 1. The fourth-order valence-corrected chi connectivity index (χ4v) is 4.82. The molecule has 1 unspecified atom stereocenters. The fraction of sp³-hybridized carbons (Fsp3) is 0.192. The van der Waals surface area contributed by atoms with E-state index in [4.69, 9.17) is 11.6 Å². The molecule has 1 aliphatic heterocycles. The Morgan fingerprint density at radius 1 is 1.06 bits per heavy atom. The van der Waals surface area contributed by atoms with Crippen molar-refractivity contribution in [1.29, 1.82) is 0 Å². The highest BCUT2D eigenvalue weighted by atomic mass is 35.5. The molecule has 0 saturated carbocycles. The van der Waals surface area contributed by atoms with Gasteiger partial charge in [-0.3, -0.25) is 4.79 Å². The number of aromatic nitrogens is 1. The Labute approximate surface area is 186 Å². The van der Waals surface area contributed by atoms with Gasteiger partial charge in [-0.05, 0) is 53.8 Å².